The number of hydrogen-bond acceptors (Lipinski definition) is 5. The molecule has 0 saturated heterocycles. The number of benzene rings is 2. The van der Waals surface area contributed by atoms with Crippen molar-refractivity contribution in [3.8, 4) is 0 Å². The van der Waals surface area contributed by atoms with E-state index in [1.165, 1.54) is 30.9 Å². The standard InChI is InChI=1S/C21H21ClN2O5S/c1-13-9-10-15(22)11-19(13)24(30(4,27)28)14(2)20(25)23-12-17(21(26)29-3)16-7-5-6-8-18(16)23/h5-12,14H,1-4H3. The van der Waals surface area contributed by atoms with Crippen molar-refractivity contribution in [2.24, 2.45) is 0 Å². The number of ether oxygens (including phenoxy) is 1. The van der Waals surface area contributed by atoms with Gasteiger partial charge in [-0.15, -0.1) is 0 Å². The molecule has 0 saturated carbocycles. The minimum Gasteiger partial charge on any atom is -0.465 e. The normalized spacial score (nSPS) is 12.6. The van der Waals surface area contributed by atoms with Gasteiger partial charge in [-0.1, -0.05) is 35.9 Å². The number of fused-ring (bicyclic) bond motifs is 1. The van der Waals surface area contributed by atoms with E-state index in [9.17, 15) is 18.0 Å². The van der Waals surface area contributed by atoms with Gasteiger partial charge in [0.05, 0.1) is 30.1 Å². The highest BCUT2D eigenvalue weighted by Gasteiger charge is 2.32. The van der Waals surface area contributed by atoms with E-state index in [1.807, 2.05) is 0 Å². The second-order valence-electron chi connectivity index (χ2n) is 6.93. The summed E-state index contributed by atoms with van der Waals surface area (Å²) in [5.74, 6) is -1.11. The number of anilines is 1. The van der Waals surface area contributed by atoms with Crippen molar-refractivity contribution in [1.29, 1.82) is 0 Å². The summed E-state index contributed by atoms with van der Waals surface area (Å²) in [5.41, 5.74) is 1.66. The van der Waals surface area contributed by atoms with E-state index in [-0.39, 0.29) is 5.56 Å². The monoisotopic (exact) mass is 448 g/mol. The van der Waals surface area contributed by atoms with Crippen LogP contribution in [0.4, 0.5) is 5.69 Å². The van der Waals surface area contributed by atoms with Gasteiger partial charge in [-0.3, -0.25) is 13.7 Å². The molecule has 1 unspecified atom stereocenters. The molecular weight excluding hydrogens is 428 g/mol. The number of esters is 1. The molecule has 30 heavy (non-hydrogen) atoms. The van der Waals surface area contributed by atoms with Crippen LogP contribution in [0.5, 0.6) is 0 Å². The van der Waals surface area contributed by atoms with Gasteiger partial charge in [-0.25, -0.2) is 13.2 Å². The Morgan fingerprint density at radius 2 is 1.83 bits per heavy atom. The molecule has 1 aromatic heterocycles. The van der Waals surface area contributed by atoms with Crippen molar-refractivity contribution in [2.75, 3.05) is 17.7 Å². The van der Waals surface area contributed by atoms with E-state index >= 15 is 0 Å². The van der Waals surface area contributed by atoms with Crippen LogP contribution in [0.25, 0.3) is 10.9 Å². The predicted octanol–water partition coefficient (Wildman–Crippen LogP) is 3.88. The van der Waals surface area contributed by atoms with Crippen molar-refractivity contribution in [3.05, 3.63) is 64.8 Å². The Bertz CT molecular complexity index is 1250. The van der Waals surface area contributed by atoms with E-state index in [2.05, 4.69) is 0 Å². The summed E-state index contributed by atoms with van der Waals surface area (Å²) in [6.07, 6.45) is 2.41. The minimum absolute atomic E-state index is 0.221. The maximum Gasteiger partial charge on any atom is 0.340 e. The van der Waals surface area contributed by atoms with Gasteiger partial charge in [-0.2, -0.15) is 0 Å². The molecule has 0 aliphatic carbocycles. The number of nitrogens with zero attached hydrogens (tertiary/aromatic N) is 2. The Kier molecular flexibility index (Phi) is 5.92. The second-order valence-corrected chi connectivity index (χ2v) is 9.22. The van der Waals surface area contributed by atoms with Crippen molar-refractivity contribution >= 4 is 50.1 Å². The highest BCUT2D eigenvalue weighted by atomic mass is 35.5. The lowest BCUT2D eigenvalue weighted by atomic mass is 10.1. The van der Waals surface area contributed by atoms with Crippen LogP contribution >= 0.6 is 11.6 Å². The third kappa shape index (κ3) is 3.93. The van der Waals surface area contributed by atoms with Gasteiger partial charge in [0.25, 0.3) is 5.91 Å². The number of halogens is 1. The SMILES string of the molecule is COC(=O)c1cn(C(=O)C(C)N(c2cc(Cl)ccc2C)S(C)(=O)=O)c2ccccc12. The number of para-hydroxylation sites is 1. The lowest BCUT2D eigenvalue weighted by molar-refractivity contribution is 0.0603. The molecule has 0 fully saturated rings. The van der Waals surface area contributed by atoms with Gasteiger partial charge in [0.1, 0.15) is 6.04 Å². The van der Waals surface area contributed by atoms with Crippen molar-refractivity contribution in [1.82, 2.24) is 4.57 Å². The fourth-order valence-corrected chi connectivity index (χ4v) is 4.82. The number of carbonyl (C=O) groups is 2. The average molecular weight is 449 g/mol. The van der Waals surface area contributed by atoms with Gasteiger partial charge in [0.2, 0.25) is 10.0 Å². The molecule has 3 rings (SSSR count). The molecule has 0 aliphatic rings. The van der Waals surface area contributed by atoms with E-state index in [4.69, 9.17) is 16.3 Å². The molecule has 7 nitrogen and oxygen atoms in total. The Labute approximate surface area is 179 Å². The van der Waals surface area contributed by atoms with E-state index in [0.29, 0.717) is 27.2 Å². The smallest absolute Gasteiger partial charge is 0.340 e. The lowest BCUT2D eigenvalue weighted by Gasteiger charge is -2.29. The quantitative estimate of drug-likeness (QED) is 0.553. The fourth-order valence-electron chi connectivity index (χ4n) is 3.43. The third-order valence-electron chi connectivity index (χ3n) is 4.83. The minimum atomic E-state index is -3.83. The van der Waals surface area contributed by atoms with E-state index in [0.717, 1.165) is 10.6 Å². The van der Waals surface area contributed by atoms with Gasteiger partial charge < -0.3 is 4.74 Å². The second kappa shape index (κ2) is 8.12. The summed E-state index contributed by atoms with van der Waals surface area (Å²) in [6, 6.07) is 10.6. The first-order chi connectivity index (χ1) is 14.1. The molecule has 0 amide bonds. The number of sulfonamides is 1. The topological polar surface area (TPSA) is 85.7 Å². The number of carbonyl (C=O) groups excluding carboxylic acids is 2. The van der Waals surface area contributed by atoms with Gasteiger partial charge in [0.15, 0.2) is 0 Å². The maximum absolute atomic E-state index is 13.4. The van der Waals surface area contributed by atoms with E-state index < -0.39 is 27.9 Å². The summed E-state index contributed by atoms with van der Waals surface area (Å²) in [4.78, 5) is 25.6. The fraction of sp³-hybridized carbons (Fsp3) is 0.238. The molecule has 0 aliphatic heterocycles. The van der Waals surface area contributed by atoms with Crippen molar-refractivity contribution in [2.45, 2.75) is 19.9 Å². The summed E-state index contributed by atoms with van der Waals surface area (Å²) >= 11 is 6.08. The first-order valence-corrected chi connectivity index (χ1v) is 11.3. The maximum atomic E-state index is 13.4. The highest BCUT2D eigenvalue weighted by molar-refractivity contribution is 7.92. The third-order valence-corrected chi connectivity index (χ3v) is 6.29. The van der Waals surface area contributed by atoms with Crippen molar-refractivity contribution in [3.63, 3.8) is 0 Å². The zero-order chi connectivity index (χ0) is 22.2. The highest BCUT2D eigenvalue weighted by Crippen LogP contribution is 2.30. The lowest BCUT2D eigenvalue weighted by Crippen LogP contribution is -2.45. The molecule has 0 radical (unpaired) electrons. The Morgan fingerprint density at radius 3 is 2.47 bits per heavy atom. The molecule has 0 spiro atoms. The molecular formula is C21H21ClN2O5S. The molecule has 1 atom stereocenters. The molecule has 2 aromatic carbocycles. The summed E-state index contributed by atoms with van der Waals surface area (Å²) in [7, 11) is -2.57. The van der Waals surface area contributed by atoms with Crippen LogP contribution in [0.3, 0.4) is 0 Å². The summed E-state index contributed by atoms with van der Waals surface area (Å²) < 4.78 is 32.4. The molecule has 3 aromatic rings. The van der Waals surface area contributed by atoms with Crippen LogP contribution < -0.4 is 4.31 Å². The predicted molar refractivity (Wildman–Crippen MR) is 117 cm³/mol. The molecule has 158 valence electrons. The van der Waals surface area contributed by atoms with Crippen LogP contribution in [-0.2, 0) is 14.8 Å². The van der Waals surface area contributed by atoms with Crippen LogP contribution in [-0.4, -0.2) is 44.3 Å². The first kappa shape index (κ1) is 21.9. The Balaban J connectivity index is 2.16. The van der Waals surface area contributed by atoms with Gasteiger partial charge in [-0.05, 0) is 37.6 Å². The number of aromatic nitrogens is 1. The average Bonchev–Trinajstić information content (AvgIpc) is 3.08. The Hall–Kier alpha value is -2.84. The van der Waals surface area contributed by atoms with Crippen LogP contribution in [0.1, 0.15) is 27.6 Å². The molecule has 9 heteroatoms. The number of hydrogen-bond donors (Lipinski definition) is 0. The Morgan fingerprint density at radius 1 is 1.17 bits per heavy atom. The van der Waals surface area contributed by atoms with Crippen LogP contribution in [0.15, 0.2) is 48.7 Å². The zero-order valence-corrected chi connectivity index (χ0v) is 18.5. The van der Waals surface area contributed by atoms with E-state index in [1.54, 1.807) is 43.3 Å². The molecule has 1 heterocycles. The molecule has 0 bridgehead atoms. The number of aryl methyl sites for hydroxylation is 1. The van der Waals surface area contributed by atoms with Gasteiger partial charge in [0, 0.05) is 16.6 Å². The summed E-state index contributed by atoms with van der Waals surface area (Å²) in [5, 5.41) is 0.887. The van der Waals surface area contributed by atoms with Crippen LogP contribution in [0, 0.1) is 6.92 Å². The first-order valence-electron chi connectivity index (χ1n) is 9.04. The van der Waals surface area contributed by atoms with Crippen molar-refractivity contribution < 1.29 is 22.7 Å². The zero-order valence-electron chi connectivity index (χ0n) is 16.9. The largest absolute Gasteiger partial charge is 0.465 e. The van der Waals surface area contributed by atoms with Crippen LogP contribution in [0.2, 0.25) is 5.02 Å². The molecule has 0 N–H and O–H groups in total. The number of rotatable bonds is 5. The number of methoxy groups -OCH3 is 1. The summed E-state index contributed by atoms with van der Waals surface area (Å²) in [6.45, 7) is 3.23. The van der Waals surface area contributed by atoms with Gasteiger partial charge >= 0.3 is 5.97 Å².